The largest absolute Gasteiger partial charge is 0.369 e. The number of hydrogen-bond donors (Lipinski definition) is 2. The maximum atomic E-state index is 10.6. The number of fused-ring (bicyclic) bond motifs is 1. The second kappa shape index (κ2) is 2.90. The van der Waals surface area contributed by atoms with E-state index in [2.05, 4.69) is 9.97 Å². The summed E-state index contributed by atoms with van der Waals surface area (Å²) in [5.41, 5.74) is 6.73. The molecule has 2 aromatic heterocycles. The summed E-state index contributed by atoms with van der Waals surface area (Å²) >= 11 is 0. The molecular formula is C9H9N3O. The average molecular weight is 175 g/mol. The molecule has 0 aliphatic rings. The SMILES string of the molecule is NC(=O)Cc1cc2[nH]ccc2cn1. The van der Waals surface area contributed by atoms with Gasteiger partial charge >= 0.3 is 0 Å². The first kappa shape index (κ1) is 7.79. The lowest BCUT2D eigenvalue weighted by molar-refractivity contribution is -0.117. The van der Waals surface area contributed by atoms with Crippen LogP contribution in [0.25, 0.3) is 10.9 Å². The van der Waals surface area contributed by atoms with Crippen LogP contribution in [-0.4, -0.2) is 15.9 Å². The summed E-state index contributed by atoms with van der Waals surface area (Å²) in [5, 5.41) is 1.04. The number of nitrogens with two attached hydrogens (primary N) is 1. The zero-order chi connectivity index (χ0) is 9.26. The number of pyridine rings is 1. The van der Waals surface area contributed by atoms with E-state index in [1.165, 1.54) is 0 Å². The number of primary amides is 1. The average Bonchev–Trinajstić information content (AvgIpc) is 2.49. The zero-order valence-corrected chi connectivity index (χ0v) is 6.95. The summed E-state index contributed by atoms with van der Waals surface area (Å²) in [6, 6.07) is 3.76. The maximum absolute atomic E-state index is 10.6. The second-order valence-electron chi connectivity index (χ2n) is 2.88. The fourth-order valence-corrected chi connectivity index (χ4v) is 1.26. The van der Waals surface area contributed by atoms with Crippen LogP contribution in [0, 0.1) is 0 Å². The topological polar surface area (TPSA) is 71.8 Å². The van der Waals surface area contributed by atoms with Crippen LogP contribution in [0.5, 0.6) is 0 Å². The van der Waals surface area contributed by atoms with Crippen LogP contribution >= 0.6 is 0 Å². The van der Waals surface area contributed by atoms with E-state index in [1.807, 2.05) is 18.3 Å². The van der Waals surface area contributed by atoms with Crippen molar-refractivity contribution in [3.8, 4) is 0 Å². The van der Waals surface area contributed by atoms with Crippen molar-refractivity contribution in [2.45, 2.75) is 6.42 Å². The van der Waals surface area contributed by atoms with Crippen LogP contribution in [0.15, 0.2) is 24.5 Å². The van der Waals surface area contributed by atoms with E-state index in [9.17, 15) is 4.79 Å². The molecule has 0 atom stereocenters. The first-order valence-corrected chi connectivity index (χ1v) is 3.96. The molecule has 0 saturated heterocycles. The van der Waals surface area contributed by atoms with Crippen LogP contribution in [0.1, 0.15) is 5.69 Å². The van der Waals surface area contributed by atoms with Crippen LogP contribution in [0.3, 0.4) is 0 Å². The van der Waals surface area contributed by atoms with Gasteiger partial charge in [0.25, 0.3) is 0 Å². The summed E-state index contributed by atoms with van der Waals surface area (Å²) in [7, 11) is 0. The Balaban J connectivity index is 2.42. The predicted octanol–water partition coefficient (Wildman–Crippen LogP) is 0.591. The fraction of sp³-hybridized carbons (Fsp3) is 0.111. The van der Waals surface area contributed by atoms with Gasteiger partial charge in [0.15, 0.2) is 0 Å². The van der Waals surface area contributed by atoms with E-state index in [-0.39, 0.29) is 12.3 Å². The quantitative estimate of drug-likeness (QED) is 0.701. The van der Waals surface area contributed by atoms with Gasteiger partial charge in [0.1, 0.15) is 0 Å². The van der Waals surface area contributed by atoms with Gasteiger partial charge in [-0.15, -0.1) is 0 Å². The molecule has 0 fully saturated rings. The second-order valence-corrected chi connectivity index (χ2v) is 2.88. The van der Waals surface area contributed by atoms with Gasteiger partial charge in [0.2, 0.25) is 5.91 Å². The molecule has 0 aliphatic carbocycles. The summed E-state index contributed by atoms with van der Waals surface area (Å²) in [6.07, 6.45) is 3.75. The standard InChI is InChI=1S/C9H9N3O/c10-9(13)4-7-3-8-6(5-12-7)1-2-11-8/h1-3,5,11H,4H2,(H2,10,13). The number of nitrogens with zero attached hydrogens (tertiary/aromatic N) is 1. The van der Waals surface area contributed by atoms with E-state index in [0.29, 0.717) is 5.69 Å². The highest BCUT2D eigenvalue weighted by Crippen LogP contribution is 2.11. The number of carbonyl (C=O) groups is 1. The Kier molecular flexibility index (Phi) is 1.73. The third-order valence-electron chi connectivity index (χ3n) is 1.85. The Labute approximate surface area is 74.8 Å². The monoisotopic (exact) mass is 175 g/mol. The van der Waals surface area contributed by atoms with Gasteiger partial charge in [0, 0.05) is 23.3 Å². The lowest BCUT2D eigenvalue weighted by Crippen LogP contribution is -2.14. The van der Waals surface area contributed by atoms with Crippen molar-refractivity contribution in [2.75, 3.05) is 0 Å². The number of nitrogens with one attached hydrogen (secondary N) is 1. The minimum Gasteiger partial charge on any atom is -0.369 e. The predicted molar refractivity (Wildman–Crippen MR) is 49.0 cm³/mol. The van der Waals surface area contributed by atoms with Gasteiger partial charge < -0.3 is 10.7 Å². The molecule has 0 saturated carbocycles. The molecule has 2 rings (SSSR count). The summed E-state index contributed by atoms with van der Waals surface area (Å²) < 4.78 is 0. The van der Waals surface area contributed by atoms with E-state index in [1.54, 1.807) is 6.20 Å². The van der Waals surface area contributed by atoms with E-state index < -0.39 is 0 Å². The molecule has 0 aromatic carbocycles. The van der Waals surface area contributed by atoms with Gasteiger partial charge in [-0.05, 0) is 12.1 Å². The minimum atomic E-state index is -0.363. The van der Waals surface area contributed by atoms with Crippen molar-refractivity contribution in [1.29, 1.82) is 0 Å². The van der Waals surface area contributed by atoms with E-state index >= 15 is 0 Å². The van der Waals surface area contributed by atoms with Crippen LogP contribution in [0.2, 0.25) is 0 Å². The molecule has 0 radical (unpaired) electrons. The van der Waals surface area contributed by atoms with Crippen molar-refractivity contribution in [1.82, 2.24) is 9.97 Å². The lowest BCUT2D eigenvalue weighted by Gasteiger charge is -1.96. The summed E-state index contributed by atoms with van der Waals surface area (Å²) in [6.45, 7) is 0. The van der Waals surface area contributed by atoms with Gasteiger partial charge in [-0.25, -0.2) is 0 Å². The van der Waals surface area contributed by atoms with Gasteiger partial charge in [-0.1, -0.05) is 0 Å². The van der Waals surface area contributed by atoms with Gasteiger partial charge in [0.05, 0.1) is 12.1 Å². The molecule has 13 heavy (non-hydrogen) atoms. The van der Waals surface area contributed by atoms with E-state index in [4.69, 9.17) is 5.73 Å². The van der Waals surface area contributed by atoms with E-state index in [0.717, 1.165) is 10.9 Å². The smallest absolute Gasteiger partial charge is 0.223 e. The molecule has 0 bridgehead atoms. The van der Waals surface area contributed by atoms with Crippen molar-refractivity contribution in [3.05, 3.63) is 30.2 Å². The number of aromatic nitrogens is 2. The molecule has 0 unspecified atom stereocenters. The third kappa shape index (κ3) is 1.51. The van der Waals surface area contributed by atoms with Crippen LogP contribution in [-0.2, 0) is 11.2 Å². The number of carbonyl (C=O) groups excluding carboxylic acids is 1. The molecule has 1 amide bonds. The number of hydrogen-bond acceptors (Lipinski definition) is 2. The third-order valence-corrected chi connectivity index (χ3v) is 1.85. The lowest BCUT2D eigenvalue weighted by atomic mass is 10.2. The van der Waals surface area contributed by atoms with Crippen molar-refractivity contribution < 1.29 is 4.79 Å². The van der Waals surface area contributed by atoms with Crippen molar-refractivity contribution >= 4 is 16.8 Å². The van der Waals surface area contributed by atoms with Crippen molar-refractivity contribution in [2.24, 2.45) is 5.73 Å². The number of rotatable bonds is 2. The Morgan fingerprint density at radius 2 is 2.46 bits per heavy atom. The first-order chi connectivity index (χ1) is 6.25. The molecule has 2 aromatic rings. The Hall–Kier alpha value is -1.84. The molecule has 2 heterocycles. The maximum Gasteiger partial charge on any atom is 0.223 e. The fourth-order valence-electron chi connectivity index (χ4n) is 1.26. The van der Waals surface area contributed by atoms with Gasteiger partial charge in [-0.3, -0.25) is 9.78 Å². The minimum absolute atomic E-state index is 0.189. The molecule has 4 heteroatoms. The zero-order valence-electron chi connectivity index (χ0n) is 6.95. The molecule has 4 nitrogen and oxygen atoms in total. The number of amides is 1. The Morgan fingerprint density at radius 1 is 1.62 bits per heavy atom. The highest BCUT2D eigenvalue weighted by atomic mass is 16.1. The molecule has 0 aliphatic heterocycles. The highest BCUT2D eigenvalue weighted by Gasteiger charge is 2.01. The number of aromatic amines is 1. The number of H-pyrrole nitrogens is 1. The molecule has 66 valence electrons. The summed E-state index contributed by atoms with van der Waals surface area (Å²) in [4.78, 5) is 17.8. The van der Waals surface area contributed by atoms with Crippen LogP contribution < -0.4 is 5.73 Å². The Morgan fingerprint density at radius 3 is 3.23 bits per heavy atom. The summed E-state index contributed by atoms with van der Waals surface area (Å²) in [5.74, 6) is -0.363. The molecule has 0 spiro atoms. The highest BCUT2D eigenvalue weighted by molar-refractivity contribution is 5.81. The first-order valence-electron chi connectivity index (χ1n) is 3.96. The van der Waals surface area contributed by atoms with Crippen molar-refractivity contribution in [3.63, 3.8) is 0 Å². The van der Waals surface area contributed by atoms with Crippen LogP contribution in [0.4, 0.5) is 0 Å². The normalized spacial score (nSPS) is 10.5. The van der Waals surface area contributed by atoms with Gasteiger partial charge in [-0.2, -0.15) is 0 Å². The molecular weight excluding hydrogens is 166 g/mol. The molecule has 3 N–H and O–H groups in total. The Bertz CT molecular complexity index is 447.